The van der Waals surface area contributed by atoms with Gasteiger partial charge in [0.2, 0.25) is 0 Å². The third-order valence-electron chi connectivity index (χ3n) is 3.92. The molecule has 4 nitrogen and oxygen atoms in total. The van der Waals surface area contributed by atoms with Crippen LogP contribution < -0.4 is 4.74 Å². The Morgan fingerprint density at radius 2 is 2.00 bits per heavy atom. The van der Waals surface area contributed by atoms with Crippen LogP contribution in [0.2, 0.25) is 5.02 Å². The van der Waals surface area contributed by atoms with Gasteiger partial charge in [-0.25, -0.2) is 9.18 Å². The molecule has 0 radical (unpaired) electrons. The summed E-state index contributed by atoms with van der Waals surface area (Å²) >= 11 is 5.98. The molecule has 0 saturated carbocycles. The lowest BCUT2D eigenvalue weighted by atomic mass is 9.98. The van der Waals surface area contributed by atoms with E-state index in [9.17, 15) is 14.4 Å². The maximum absolute atomic E-state index is 13.1. The van der Waals surface area contributed by atoms with Crippen LogP contribution in [-0.4, -0.2) is 12.6 Å². The minimum atomic E-state index is -0.657. The molecule has 27 heavy (non-hydrogen) atoms. The molecule has 0 aliphatic carbocycles. The Balaban J connectivity index is 2.29. The van der Waals surface area contributed by atoms with E-state index in [-0.39, 0.29) is 23.8 Å². The fourth-order valence-corrected chi connectivity index (χ4v) is 2.70. The van der Waals surface area contributed by atoms with Gasteiger partial charge in [0.05, 0.1) is 11.6 Å². The van der Waals surface area contributed by atoms with Crippen molar-refractivity contribution in [1.82, 2.24) is 0 Å². The molecule has 2 aromatic carbocycles. The van der Waals surface area contributed by atoms with Crippen LogP contribution in [0.15, 0.2) is 35.9 Å². The largest absolute Gasteiger partial charge is 0.487 e. The maximum Gasteiger partial charge on any atom is 0.348 e. The van der Waals surface area contributed by atoms with Crippen LogP contribution in [0.1, 0.15) is 29.2 Å². The highest BCUT2D eigenvalue weighted by molar-refractivity contribution is 6.32. The second kappa shape index (κ2) is 9.20. The van der Waals surface area contributed by atoms with Crippen molar-refractivity contribution in [3.05, 3.63) is 69.0 Å². The van der Waals surface area contributed by atoms with E-state index in [1.54, 1.807) is 6.92 Å². The van der Waals surface area contributed by atoms with Crippen LogP contribution >= 0.6 is 11.6 Å². The zero-order valence-corrected chi connectivity index (χ0v) is 16.1. The molecule has 0 aromatic heterocycles. The number of esters is 1. The maximum atomic E-state index is 13.1. The Bertz CT molecular complexity index is 932. The Labute approximate surface area is 162 Å². The van der Waals surface area contributed by atoms with Gasteiger partial charge in [0.15, 0.2) is 0 Å². The van der Waals surface area contributed by atoms with Crippen molar-refractivity contribution in [3.8, 4) is 11.8 Å². The predicted molar refractivity (Wildman–Crippen MR) is 102 cm³/mol. The number of nitriles is 1. The molecule has 0 saturated heterocycles. The summed E-state index contributed by atoms with van der Waals surface area (Å²) in [5.74, 6) is -0.718. The second-order valence-corrected chi connectivity index (χ2v) is 6.30. The minimum Gasteiger partial charge on any atom is -0.487 e. The fraction of sp³-hybridized carbons (Fsp3) is 0.238. The molecule has 0 N–H and O–H groups in total. The van der Waals surface area contributed by atoms with Gasteiger partial charge in [-0.15, -0.1) is 0 Å². The average molecular weight is 388 g/mol. The van der Waals surface area contributed by atoms with E-state index in [0.717, 1.165) is 16.7 Å². The number of hydrogen-bond donors (Lipinski definition) is 0. The number of benzene rings is 2. The van der Waals surface area contributed by atoms with Gasteiger partial charge in [0.25, 0.3) is 0 Å². The first-order chi connectivity index (χ1) is 12.8. The highest BCUT2D eigenvalue weighted by Gasteiger charge is 2.12. The number of aryl methyl sites for hydroxylation is 2. The van der Waals surface area contributed by atoms with Crippen LogP contribution in [-0.2, 0) is 16.1 Å². The number of nitrogens with zero attached hydrogens (tertiary/aromatic N) is 1. The first kappa shape index (κ1) is 20.5. The van der Waals surface area contributed by atoms with E-state index < -0.39 is 11.8 Å². The van der Waals surface area contributed by atoms with Crippen LogP contribution in [0.4, 0.5) is 4.39 Å². The first-order valence-corrected chi connectivity index (χ1v) is 8.70. The van der Waals surface area contributed by atoms with Crippen molar-refractivity contribution in [1.29, 1.82) is 5.26 Å². The SMILES string of the molecule is CCOC(=O)C(C#N)=Cc1cc(COc2ccc(F)cc2Cl)c(C)cc1C. The molecular formula is C21H19ClFNO3. The number of hydrogen-bond acceptors (Lipinski definition) is 4. The van der Waals surface area contributed by atoms with Gasteiger partial charge in [-0.1, -0.05) is 17.7 Å². The van der Waals surface area contributed by atoms with Gasteiger partial charge in [-0.3, -0.25) is 0 Å². The van der Waals surface area contributed by atoms with Gasteiger partial charge in [0.1, 0.15) is 29.8 Å². The normalized spacial score (nSPS) is 11.0. The predicted octanol–water partition coefficient (Wildman–Crippen LogP) is 5.15. The second-order valence-electron chi connectivity index (χ2n) is 5.89. The number of carbonyl (C=O) groups excluding carboxylic acids is 1. The molecule has 0 fully saturated rings. The molecule has 0 spiro atoms. The monoisotopic (exact) mass is 387 g/mol. The van der Waals surface area contributed by atoms with Crippen molar-refractivity contribution in [2.45, 2.75) is 27.4 Å². The van der Waals surface area contributed by atoms with E-state index >= 15 is 0 Å². The summed E-state index contributed by atoms with van der Waals surface area (Å²) in [6.07, 6.45) is 1.50. The van der Waals surface area contributed by atoms with Gasteiger partial charge < -0.3 is 9.47 Å². The Morgan fingerprint density at radius 1 is 1.26 bits per heavy atom. The molecule has 0 unspecified atom stereocenters. The summed E-state index contributed by atoms with van der Waals surface area (Å²) in [6, 6.07) is 9.59. The van der Waals surface area contributed by atoms with Crippen molar-refractivity contribution in [2.75, 3.05) is 6.61 Å². The van der Waals surface area contributed by atoms with Gasteiger partial charge in [0, 0.05) is 0 Å². The van der Waals surface area contributed by atoms with E-state index in [2.05, 4.69) is 0 Å². The topological polar surface area (TPSA) is 59.3 Å². The third-order valence-corrected chi connectivity index (χ3v) is 4.21. The average Bonchev–Trinajstić information content (AvgIpc) is 2.61. The summed E-state index contributed by atoms with van der Waals surface area (Å²) in [7, 11) is 0. The molecule has 0 aliphatic rings. The van der Waals surface area contributed by atoms with Crippen LogP contribution in [0.5, 0.6) is 5.75 Å². The van der Waals surface area contributed by atoms with E-state index in [4.69, 9.17) is 21.1 Å². The Kier molecular flexibility index (Phi) is 6.98. The molecule has 0 atom stereocenters. The summed E-state index contributed by atoms with van der Waals surface area (Å²) in [5.41, 5.74) is 3.39. The quantitative estimate of drug-likeness (QED) is 0.391. The number of carbonyl (C=O) groups is 1. The first-order valence-electron chi connectivity index (χ1n) is 8.32. The fourth-order valence-electron chi connectivity index (χ4n) is 2.48. The zero-order valence-electron chi connectivity index (χ0n) is 15.3. The van der Waals surface area contributed by atoms with Crippen molar-refractivity contribution >= 4 is 23.6 Å². The van der Waals surface area contributed by atoms with Gasteiger partial charge >= 0.3 is 5.97 Å². The van der Waals surface area contributed by atoms with Gasteiger partial charge in [-0.2, -0.15) is 5.26 Å². The molecule has 2 rings (SSSR count). The molecule has 2 aromatic rings. The zero-order chi connectivity index (χ0) is 20.0. The molecule has 0 aliphatic heterocycles. The van der Waals surface area contributed by atoms with Crippen molar-refractivity contribution in [3.63, 3.8) is 0 Å². The van der Waals surface area contributed by atoms with Crippen LogP contribution in [0, 0.1) is 31.0 Å². The summed E-state index contributed by atoms with van der Waals surface area (Å²) in [5, 5.41) is 9.40. The smallest absolute Gasteiger partial charge is 0.348 e. The Morgan fingerprint density at radius 3 is 2.63 bits per heavy atom. The lowest BCUT2D eigenvalue weighted by molar-refractivity contribution is -0.137. The standard InChI is InChI=1S/C21H19ClFNO3/c1-4-26-21(25)16(11-24)8-15-9-17(14(3)7-13(15)2)12-27-20-6-5-18(23)10-19(20)22/h5-10H,4,12H2,1-3H3. The lowest BCUT2D eigenvalue weighted by Gasteiger charge is -2.13. The van der Waals surface area contributed by atoms with Crippen LogP contribution in [0.25, 0.3) is 6.08 Å². The van der Waals surface area contributed by atoms with Crippen LogP contribution in [0.3, 0.4) is 0 Å². The van der Waals surface area contributed by atoms with E-state index in [1.165, 1.54) is 24.3 Å². The number of ether oxygens (including phenoxy) is 2. The van der Waals surface area contributed by atoms with Crippen molar-refractivity contribution in [2.24, 2.45) is 0 Å². The number of rotatable bonds is 6. The van der Waals surface area contributed by atoms with E-state index in [1.807, 2.05) is 32.0 Å². The molecular weight excluding hydrogens is 369 g/mol. The third kappa shape index (κ3) is 5.32. The minimum absolute atomic E-state index is 0.0720. The molecule has 0 bridgehead atoms. The van der Waals surface area contributed by atoms with Crippen molar-refractivity contribution < 1.29 is 18.7 Å². The highest BCUT2D eigenvalue weighted by Crippen LogP contribution is 2.27. The Hall–Kier alpha value is -2.84. The summed E-state index contributed by atoms with van der Waals surface area (Å²) < 4.78 is 23.7. The lowest BCUT2D eigenvalue weighted by Crippen LogP contribution is -2.06. The summed E-state index contributed by atoms with van der Waals surface area (Å²) in [4.78, 5) is 11.8. The molecule has 0 amide bonds. The molecule has 0 heterocycles. The van der Waals surface area contributed by atoms with E-state index in [0.29, 0.717) is 11.3 Å². The molecule has 6 heteroatoms. The summed E-state index contributed by atoms with van der Waals surface area (Å²) in [6.45, 7) is 5.91. The molecule has 140 valence electrons. The van der Waals surface area contributed by atoms with Gasteiger partial charge in [-0.05, 0) is 73.4 Å². The highest BCUT2D eigenvalue weighted by atomic mass is 35.5. The number of halogens is 2.